The number of aromatic carboxylic acids is 1. The van der Waals surface area contributed by atoms with E-state index in [1.54, 1.807) is 10.6 Å². The van der Waals surface area contributed by atoms with E-state index in [4.69, 9.17) is 0 Å². The first kappa shape index (κ1) is 12.6. The Hall–Kier alpha value is -2.08. The van der Waals surface area contributed by atoms with Crippen LogP contribution in [0, 0.1) is 0 Å². The van der Waals surface area contributed by atoms with Crippen LogP contribution in [0.2, 0.25) is 0 Å². The van der Waals surface area contributed by atoms with Crippen LogP contribution in [0.1, 0.15) is 35.7 Å². The monoisotopic (exact) mass is 287 g/mol. The number of carboxylic acids is 1. The van der Waals surface area contributed by atoms with Crippen LogP contribution in [0.15, 0.2) is 23.0 Å². The number of H-pyrrole nitrogens is 1. The molecule has 1 aromatic heterocycles. The van der Waals surface area contributed by atoms with Gasteiger partial charge in [0.05, 0.1) is 22.6 Å². The standard InChI is InChI=1S/C15H17N3O3/c19-14(20)11-2-1-3-12-13(11)16-15(21)18(12)10-6-7-17(8-10)9-4-5-9/h1-3,9-10H,4-8H2,(H,16,21)(H,19,20). The maximum absolute atomic E-state index is 12.3. The molecule has 1 atom stereocenters. The van der Waals surface area contributed by atoms with E-state index < -0.39 is 5.97 Å². The summed E-state index contributed by atoms with van der Waals surface area (Å²) in [5.74, 6) is -1.01. The highest BCUT2D eigenvalue weighted by molar-refractivity contribution is 6.00. The van der Waals surface area contributed by atoms with Crippen molar-refractivity contribution in [3.63, 3.8) is 0 Å². The molecule has 1 saturated carbocycles. The topological polar surface area (TPSA) is 78.3 Å². The number of hydrogen-bond acceptors (Lipinski definition) is 3. The Morgan fingerprint density at radius 2 is 2.05 bits per heavy atom. The minimum Gasteiger partial charge on any atom is -0.478 e. The Morgan fingerprint density at radius 3 is 2.76 bits per heavy atom. The van der Waals surface area contributed by atoms with Gasteiger partial charge in [0, 0.05) is 19.1 Å². The van der Waals surface area contributed by atoms with Crippen LogP contribution in [-0.2, 0) is 0 Å². The first-order valence-corrected chi connectivity index (χ1v) is 7.35. The van der Waals surface area contributed by atoms with Crippen molar-refractivity contribution >= 4 is 17.0 Å². The molecule has 2 aliphatic rings. The Labute approximate surface area is 121 Å². The van der Waals surface area contributed by atoms with E-state index in [1.165, 1.54) is 18.9 Å². The molecule has 2 aromatic rings. The molecule has 0 spiro atoms. The number of likely N-dealkylation sites (tertiary alicyclic amines) is 1. The zero-order valence-electron chi connectivity index (χ0n) is 11.6. The summed E-state index contributed by atoms with van der Waals surface area (Å²) in [6.45, 7) is 1.90. The molecule has 2 fully saturated rings. The van der Waals surface area contributed by atoms with Gasteiger partial charge in [-0.2, -0.15) is 0 Å². The molecule has 2 heterocycles. The molecule has 0 radical (unpaired) electrons. The third kappa shape index (κ3) is 1.98. The highest BCUT2D eigenvalue weighted by atomic mass is 16.4. The molecule has 1 aromatic carbocycles. The first-order valence-electron chi connectivity index (χ1n) is 7.35. The van der Waals surface area contributed by atoms with Gasteiger partial charge in [-0.3, -0.25) is 9.47 Å². The van der Waals surface area contributed by atoms with Gasteiger partial charge >= 0.3 is 11.7 Å². The fourth-order valence-electron chi connectivity index (χ4n) is 3.44. The zero-order chi connectivity index (χ0) is 14.6. The summed E-state index contributed by atoms with van der Waals surface area (Å²) in [6.07, 6.45) is 3.47. The van der Waals surface area contributed by atoms with Crippen LogP contribution < -0.4 is 5.69 Å². The van der Waals surface area contributed by atoms with E-state index in [2.05, 4.69) is 9.88 Å². The summed E-state index contributed by atoms with van der Waals surface area (Å²) < 4.78 is 1.74. The smallest absolute Gasteiger partial charge is 0.337 e. The molecule has 1 aliphatic carbocycles. The van der Waals surface area contributed by atoms with Gasteiger partial charge < -0.3 is 10.1 Å². The lowest BCUT2D eigenvalue weighted by Crippen LogP contribution is -2.27. The molecule has 1 saturated heterocycles. The van der Waals surface area contributed by atoms with Crippen molar-refractivity contribution in [2.75, 3.05) is 13.1 Å². The van der Waals surface area contributed by atoms with Crippen LogP contribution in [0.4, 0.5) is 0 Å². The Bertz CT molecular complexity index is 772. The van der Waals surface area contributed by atoms with Crippen molar-refractivity contribution in [2.24, 2.45) is 0 Å². The van der Waals surface area contributed by atoms with Crippen molar-refractivity contribution in [1.82, 2.24) is 14.5 Å². The second-order valence-corrected chi connectivity index (χ2v) is 5.97. The van der Waals surface area contributed by atoms with Gasteiger partial charge in [0.25, 0.3) is 0 Å². The van der Waals surface area contributed by atoms with Crippen LogP contribution >= 0.6 is 0 Å². The van der Waals surface area contributed by atoms with E-state index in [1.807, 2.05) is 6.07 Å². The molecule has 2 N–H and O–H groups in total. The molecule has 110 valence electrons. The molecule has 1 aliphatic heterocycles. The predicted molar refractivity (Wildman–Crippen MR) is 77.8 cm³/mol. The number of carbonyl (C=O) groups is 1. The second kappa shape index (κ2) is 4.46. The van der Waals surface area contributed by atoms with Gasteiger partial charge in [0.15, 0.2) is 0 Å². The number of nitrogens with zero attached hydrogens (tertiary/aromatic N) is 2. The van der Waals surface area contributed by atoms with Crippen molar-refractivity contribution in [1.29, 1.82) is 0 Å². The lowest BCUT2D eigenvalue weighted by Gasteiger charge is -2.15. The third-order valence-electron chi connectivity index (χ3n) is 4.61. The van der Waals surface area contributed by atoms with Crippen LogP contribution in [-0.4, -0.2) is 44.7 Å². The van der Waals surface area contributed by atoms with Crippen molar-refractivity contribution < 1.29 is 9.90 Å². The highest BCUT2D eigenvalue weighted by Gasteiger charge is 2.36. The fraction of sp³-hybridized carbons (Fsp3) is 0.467. The summed E-state index contributed by atoms with van der Waals surface area (Å²) in [7, 11) is 0. The number of imidazole rings is 1. The number of hydrogen-bond donors (Lipinski definition) is 2. The van der Waals surface area contributed by atoms with Gasteiger partial charge in [-0.1, -0.05) is 6.07 Å². The van der Waals surface area contributed by atoms with E-state index in [-0.39, 0.29) is 17.3 Å². The quantitative estimate of drug-likeness (QED) is 0.895. The number of para-hydroxylation sites is 1. The molecule has 0 bridgehead atoms. The molecule has 6 heteroatoms. The van der Waals surface area contributed by atoms with Crippen LogP contribution in [0.25, 0.3) is 11.0 Å². The number of rotatable bonds is 3. The van der Waals surface area contributed by atoms with Gasteiger partial charge in [-0.25, -0.2) is 9.59 Å². The second-order valence-electron chi connectivity index (χ2n) is 5.97. The van der Waals surface area contributed by atoms with Crippen molar-refractivity contribution in [3.05, 3.63) is 34.2 Å². The summed E-state index contributed by atoms with van der Waals surface area (Å²) in [4.78, 5) is 28.7. The van der Waals surface area contributed by atoms with Gasteiger partial charge in [-0.05, 0) is 31.4 Å². The summed E-state index contributed by atoms with van der Waals surface area (Å²) in [6, 6.07) is 5.88. The lowest BCUT2D eigenvalue weighted by molar-refractivity contribution is 0.0699. The van der Waals surface area contributed by atoms with E-state index in [9.17, 15) is 14.7 Å². The number of aromatic amines is 1. The average molecular weight is 287 g/mol. The maximum Gasteiger partial charge on any atom is 0.337 e. The van der Waals surface area contributed by atoms with Crippen LogP contribution in [0.5, 0.6) is 0 Å². The Morgan fingerprint density at radius 1 is 1.24 bits per heavy atom. The van der Waals surface area contributed by atoms with Gasteiger partial charge in [0.1, 0.15) is 0 Å². The predicted octanol–water partition coefficient (Wildman–Crippen LogP) is 1.44. The molecule has 0 amide bonds. The first-order chi connectivity index (χ1) is 10.1. The minimum atomic E-state index is -1.01. The molecular formula is C15H17N3O3. The normalized spacial score (nSPS) is 23.0. The highest BCUT2D eigenvalue weighted by Crippen LogP contribution is 2.34. The van der Waals surface area contributed by atoms with Crippen molar-refractivity contribution in [2.45, 2.75) is 31.3 Å². The van der Waals surface area contributed by atoms with Gasteiger partial charge in [0.2, 0.25) is 0 Å². The number of benzene rings is 1. The van der Waals surface area contributed by atoms with Crippen LogP contribution in [0.3, 0.4) is 0 Å². The molecule has 6 nitrogen and oxygen atoms in total. The van der Waals surface area contributed by atoms with E-state index in [0.717, 1.165) is 19.5 Å². The molecule has 4 rings (SSSR count). The third-order valence-corrected chi connectivity index (χ3v) is 4.61. The fourth-order valence-corrected chi connectivity index (χ4v) is 3.44. The number of fused-ring (bicyclic) bond motifs is 1. The average Bonchev–Trinajstić information content (AvgIpc) is 3.09. The summed E-state index contributed by atoms with van der Waals surface area (Å²) >= 11 is 0. The summed E-state index contributed by atoms with van der Waals surface area (Å²) in [5, 5.41) is 9.23. The number of aromatic nitrogens is 2. The van der Waals surface area contributed by atoms with Crippen molar-refractivity contribution in [3.8, 4) is 0 Å². The summed E-state index contributed by atoms with van der Waals surface area (Å²) in [5.41, 5.74) is 1.07. The maximum atomic E-state index is 12.3. The zero-order valence-corrected chi connectivity index (χ0v) is 11.6. The molecule has 1 unspecified atom stereocenters. The van der Waals surface area contributed by atoms with E-state index in [0.29, 0.717) is 17.1 Å². The van der Waals surface area contributed by atoms with E-state index >= 15 is 0 Å². The Kier molecular flexibility index (Phi) is 2.68. The Balaban J connectivity index is 1.78. The number of nitrogens with one attached hydrogen (secondary N) is 1. The SMILES string of the molecule is O=C(O)c1cccc2c1[nH]c(=O)n2C1CCN(C2CC2)C1. The minimum absolute atomic E-state index is 0.135. The number of carboxylic acid groups (broad SMARTS) is 1. The largest absolute Gasteiger partial charge is 0.478 e. The lowest BCUT2D eigenvalue weighted by atomic mass is 10.1. The molecule has 21 heavy (non-hydrogen) atoms. The van der Waals surface area contributed by atoms with Gasteiger partial charge in [-0.15, -0.1) is 0 Å². The molecular weight excluding hydrogens is 270 g/mol.